The van der Waals surface area contributed by atoms with Gasteiger partial charge in [-0.25, -0.2) is 4.99 Å². The molecule has 0 radical (unpaired) electrons. The minimum Gasteiger partial charge on any atom is -0.490 e. The molecule has 1 aliphatic rings. The first kappa shape index (κ1) is 24.2. The van der Waals surface area contributed by atoms with Crippen LogP contribution in [-0.2, 0) is 6.54 Å². The summed E-state index contributed by atoms with van der Waals surface area (Å²) in [5.41, 5.74) is 0.561. The van der Waals surface area contributed by atoms with Gasteiger partial charge in [0.05, 0.1) is 13.2 Å². The number of ether oxygens (including phenoxy) is 2. The zero-order valence-corrected chi connectivity index (χ0v) is 18.4. The highest BCUT2D eigenvalue weighted by Crippen LogP contribution is 2.33. The lowest BCUT2D eigenvalue weighted by molar-refractivity contribution is -0.0520. The number of likely N-dealkylation sites (tertiary alicyclic amines) is 1. The number of nitrogens with one attached hydrogen (secondary N) is 2. The summed E-state index contributed by atoms with van der Waals surface area (Å²) < 4.78 is 35.9. The molecule has 0 saturated carbocycles. The van der Waals surface area contributed by atoms with E-state index in [0.717, 1.165) is 32.0 Å². The van der Waals surface area contributed by atoms with E-state index in [1.807, 2.05) is 6.92 Å². The lowest BCUT2D eigenvalue weighted by atomic mass is 9.93. The van der Waals surface area contributed by atoms with Gasteiger partial charge in [-0.1, -0.05) is 19.1 Å². The van der Waals surface area contributed by atoms with E-state index >= 15 is 0 Å². The number of hydrogen-bond donors (Lipinski definition) is 2. The number of guanidine groups is 1. The number of nitrogens with zero attached hydrogens (tertiary/aromatic N) is 2. The standard InChI is InChI=1S/C22H36F2N4O2/c1-4-25-22(26-13-10-17-11-14-28(5-2)15-12-17)27-16-18-8-7-9-19(29-6-3)20(18)30-21(23)24/h7-9,17,21H,4-6,10-16H2,1-3H3,(H2,25,26,27). The first-order valence-corrected chi connectivity index (χ1v) is 11.0. The maximum Gasteiger partial charge on any atom is 0.387 e. The van der Waals surface area contributed by atoms with Gasteiger partial charge < -0.3 is 25.0 Å². The molecule has 1 saturated heterocycles. The molecule has 1 aliphatic heterocycles. The van der Waals surface area contributed by atoms with Crippen molar-refractivity contribution in [3.05, 3.63) is 23.8 Å². The van der Waals surface area contributed by atoms with Gasteiger partial charge in [-0.2, -0.15) is 8.78 Å². The summed E-state index contributed by atoms with van der Waals surface area (Å²) in [6, 6.07) is 5.12. The molecule has 1 fully saturated rings. The lowest BCUT2D eigenvalue weighted by Gasteiger charge is -2.31. The predicted molar refractivity (Wildman–Crippen MR) is 117 cm³/mol. The summed E-state index contributed by atoms with van der Waals surface area (Å²) in [5.74, 6) is 1.77. The number of alkyl halides is 2. The van der Waals surface area contributed by atoms with Gasteiger partial charge in [0.15, 0.2) is 17.5 Å². The molecule has 8 heteroatoms. The molecule has 1 heterocycles. The average Bonchev–Trinajstić information content (AvgIpc) is 2.74. The van der Waals surface area contributed by atoms with Crippen LogP contribution in [0.4, 0.5) is 8.78 Å². The Morgan fingerprint density at radius 1 is 1.20 bits per heavy atom. The molecule has 1 aromatic rings. The summed E-state index contributed by atoms with van der Waals surface area (Å²) in [6.07, 6.45) is 3.57. The predicted octanol–water partition coefficient (Wildman–Crippen LogP) is 3.86. The van der Waals surface area contributed by atoms with E-state index in [0.29, 0.717) is 23.9 Å². The van der Waals surface area contributed by atoms with Gasteiger partial charge in [0.2, 0.25) is 0 Å². The maximum absolute atomic E-state index is 12.9. The Labute approximate surface area is 179 Å². The first-order chi connectivity index (χ1) is 14.6. The van der Waals surface area contributed by atoms with Crippen LogP contribution >= 0.6 is 0 Å². The van der Waals surface area contributed by atoms with Gasteiger partial charge in [0.1, 0.15) is 0 Å². The second-order valence-corrected chi connectivity index (χ2v) is 7.34. The van der Waals surface area contributed by atoms with E-state index in [2.05, 4.69) is 27.4 Å². The van der Waals surface area contributed by atoms with E-state index < -0.39 is 6.61 Å². The molecular formula is C22H36F2N4O2. The highest BCUT2D eigenvalue weighted by atomic mass is 19.3. The average molecular weight is 427 g/mol. The SMILES string of the molecule is CCNC(=NCc1cccc(OCC)c1OC(F)F)NCCC1CCN(CC)CC1. The Balaban J connectivity index is 1.96. The van der Waals surface area contributed by atoms with Gasteiger partial charge in [-0.05, 0) is 64.7 Å². The molecule has 0 aromatic heterocycles. The van der Waals surface area contributed by atoms with Crippen LogP contribution in [0.2, 0.25) is 0 Å². The van der Waals surface area contributed by atoms with Crippen LogP contribution in [0.15, 0.2) is 23.2 Å². The smallest absolute Gasteiger partial charge is 0.387 e. The molecule has 0 unspecified atom stereocenters. The zero-order valence-electron chi connectivity index (χ0n) is 18.4. The normalized spacial score (nSPS) is 16.0. The fourth-order valence-corrected chi connectivity index (χ4v) is 3.67. The number of aliphatic imine (C=N–C) groups is 1. The van der Waals surface area contributed by atoms with Gasteiger partial charge in [-0.3, -0.25) is 0 Å². The van der Waals surface area contributed by atoms with Crippen molar-refractivity contribution in [1.82, 2.24) is 15.5 Å². The van der Waals surface area contributed by atoms with Crippen LogP contribution in [0.5, 0.6) is 11.5 Å². The molecule has 2 N–H and O–H groups in total. The number of halogens is 2. The van der Waals surface area contributed by atoms with Crippen LogP contribution in [0.25, 0.3) is 0 Å². The molecular weight excluding hydrogens is 390 g/mol. The number of piperidine rings is 1. The highest BCUT2D eigenvalue weighted by molar-refractivity contribution is 5.79. The first-order valence-electron chi connectivity index (χ1n) is 11.0. The van der Waals surface area contributed by atoms with Gasteiger partial charge in [0.25, 0.3) is 0 Å². The number of hydrogen-bond acceptors (Lipinski definition) is 4. The van der Waals surface area contributed by atoms with Gasteiger partial charge >= 0.3 is 6.61 Å². The lowest BCUT2D eigenvalue weighted by Crippen LogP contribution is -2.39. The van der Waals surface area contributed by atoms with E-state index in [1.165, 1.54) is 25.9 Å². The molecule has 0 aliphatic carbocycles. The fraction of sp³-hybridized carbons (Fsp3) is 0.682. The molecule has 30 heavy (non-hydrogen) atoms. The molecule has 0 atom stereocenters. The van der Waals surface area contributed by atoms with Crippen molar-refractivity contribution >= 4 is 5.96 Å². The second kappa shape index (κ2) is 13.3. The van der Waals surface area contributed by atoms with Gasteiger partial charge in [0, 0.05) is 18.7 Å². The number of para-hydroxylation sites is 1. The van der Waals surface area contributed by atoms with Crippen molar-refractivity contribution in [2.45, 2.75) is 53.2 Å². The molecule has 6 nitrogen and oxygen atoms in total. The monoisotopic (exact) mass is 426 g/mol. The van der Waals surface area contributed by atoms with Crippen molar-refractivity contribution in [2.75, 3.05) is 39.3 Å². The summed E-state index contributed by atoms with van der Waals surface area (Å²) in [4.78, 5) is 7.06. The minimum atomic E-state index is -2.92. The quantitative estimate of drug-likeness (QED) is 0.416. The highest BCUT2D eigenvalue weighted by Gasteiger charge is 2.18. The fourth-order valence-electron chi connectivity index (χ4n) is 3.67. The van der Waals surface area contributed by atoms with E-state index in [1.54, 1.807) is 25.1 Å². The Morgan fingerprint density at radius 3 is 2.60 bits per heavy atom. The zero-order chi connectivity index (χ0) is 21.8. The Morgan fingerprint density at radius 2 is 1.97 bits per heavy atom. The van der Waals surface area contributed by atoms with Crippen LogP contribution in [0.1, 0.15) is 45.6 Å². The van der Waals surface area contributed by atoms with E-state index in [4.69, 9.17) is 9.47 Å². The van der Waals surface area contributed by atoms with Crippen molar-refractivity contribution in [2.24, 2.45) is 10.9 Å². The van der Waals surface area contributed by atoms with Crippen molar-refractivity contribution < 1.29 is 18.3 Å². The van der Waals surface area contributed by atoms with E-state index in [9.17, 15) is 8.78 Å². The molecule has 2 rings (SSSR count). The summed E-state index contributed by atoms with van der Waals surface area (Å²) >= 11 is 0. The van der Waals surface area contributed by atoms with Crippen molar-refractivity contribution in [3.63, 3.8) is 0 Å². The molecule has 170 valence electrons. The van der Waals surface area contributed by atoms with E-state index in [-0.39, 0.29) is 12.3 Å². The minimum absolute atomic E-state index is 0.0524. The third-order valence-electron chi connectivity index (χ3n) is 5.32. The van der Waals surface area contributed by atoms with Crippen LogP contribution < -0.4 is 20.1 Å². The Bertz CT molecular complexity index is 650. The maximum atomic E-state index is 12.9. The van der Waals surface area contributed by atoms with Gasteiger partial charge in [-0.15, -0.1) is 0 Å². The molecule has 0 bridgehead atoms. The summed E-state index contributed by atoms with van der Waals surface area (Å²) in [7, 11) is 0. The molecule has 0 spiro atoms. The Hall–Kier alpha value is -2.09. The molecule has 1 aromatic carbocycles. The third-order valence-corrected chi connectivity index (χ3v) is 5.32. The van der Waals surface area contributed by atoms with Crippen LogP contribution in [0.3, 0.4) is 0 Å². The Kier molecular flexibility index (Phi) is 10.7. The third kappa shape index (κ3) is 7.97. The van der Waals surface area contributed by atoms with Crippen molar-refractivity contribution in [1.29, 1.82) is 0 Å². The number of benzene rings is 1. The topological polar surface area (TPSA) is 58.1 Å². The summed E-state index contributed by atoms with van der Waals surface area (Å²) in [5, 5.41) is 6.59. The summed E-state index contributed by atoms with van der Waals surface area (Å²) in [6.45, 7) is 8.72. The van der Waals surface area contributed by atoms with Crippen LogP contribution in [-0.4, -0.2) is 56.8 Å². The molecule has 0 amide bonds. The number of rotatable bonds is 11. The second-order valence-electron chi connectivity index (χ2n) is 7.34. The van der Waals surface area contributed by atoms with Crippen molar-refractivity contribution in [3.8, 4) is 11.5 Å². The van der Waals surface area contributed by atoms with Crippen LogP contribution in [0, 0.1) is 5.92 Å². The largest absolute Gasteiger partial charge is 0.490 e.